The van der Waals surface area contributed by atoms with Gasteiger partial charge in [0.15, 0.2) is 0 Å². The van der Waals surface area contributed by atoms with E-state index >= 15 is 0 Å². The molecule has 0 saturated carbocycles. The fraction of sp³-hybridized carbons (Fsp3) is 0.353. The number of hydrogen-bond acceptors (Lipinski definition) is 4. The molecular weight excluding hydrogens is 308 g/mol. The fourth-order valence-electron chi connectivity index (χ4n) is 2.38. The minimum absolute atomic E-state index is 0.186. The van der Waals surface area contributed by atoms with Crippen LogP contribution in [0.5, 0.6) is 5.75 Å². The highest BCUT2D eigenvalue weighted by atomic mass is 16.5. The molecule has 7 heteroatoms. The Hall–Kier alpha value is -2.83. The van der Waals surface area contributed by atoms with Gasteiger partial charge >= 0.3 is 0 Å². The molecule has 24 heavy (non-hydrogen) atoms. The van der Waals surface area contributed by atoms with E-state index in [0.717, 1.165) is 0 Å². The summed E-state index contributed by atoms with van der Waals surface area (Å²) >= 11 is 0. The Kier molecular flexibility index (Phi) is 5.57. The van der Waals surface area contributed by atoms with Crippen molar-refractivity contribution in [1.29, 1.82) is 0 Å². The van der Waals surface area contributed by atoms with Crippen LogP contribution in [0.1, 0.15) is 29.7 Å². The zero-order valence-corrected chi connectivity index (χ0v) is 14.3. The van der Waals surface area contributed by atoms with Crippen molar-refractivity contribution in [2.45, 2.75) is 19.4 Å². The lowest BCUT2D eigenvalue weighted by atomic mass is 10.1. The number of nitrogens with zero attached hydrogens (tertiary/aromatic N) is 3. The van der Waals surface area contributed by atoms with Crippen molar-refractivity contribution in [2.75, 3.05) is 26.5 Å². The van der Waals surface area contributed by atoms with Gasteiger partial charge in [0.2, 0.25) is 5.91 Å². The minimum Gasteiger partial charge on any atom is -0.496 e. The maximum Gasteiger partial charge on any atom is 0.257 e. The molecule has 2 aromatic rings. The van der Waals surface area contributed by atoms with Crippen LogP contribution in [0.15, 0.2) is 36.7 Å². The third-order valence-electron chi connectivity index (χ3n) is 3.64. The van der Waals surface area contributed by atoms with Crippen molar-refractivity contribution in [1.82, 2.24) is 14.7 Å². The lowest BCUT2D eigenvalue weighted by molar-refractivity contribution is -0.119. The third kappa shape index (κ3) is 3.73. The van der Waals surface area contributed by atoms with E-state index in [-0.39, 0.29) is 11.8 Å². The average molecular weight is 330 g/mol. The molecule has 1 unspecified atom stereocenters. The highest BCUT2D eigenvalue weighted by Gasteiger charge is 2.20. The first-order chi connectivity index (χ1) is 11.5. The number of nitrogens with one attached hydrogen (secondary N) is 1. The van der Waals surface area contributed by atoms with Gasteiger partial charge in [-0.25, -0.2) is 0 Å². The number of ether oxygens (including phenoxy) is 1. The van der Waals surface area contributed by atoms with Crippen LogP contribution in [-0.4, -0.2) is 47.7 Å². The Morgan fingerprint density at radius 1 is 1.38 bits per heavy atom. The summed E-state index contributed by atoms with van der Waals surface area (Å²) in [7, 11) is 4.83. The van der Waals surface area contributed by atoms with Crippen LogP contribution in [0, 0.1) is 0 Å². The van der Waals surface area contributed by atoms with Crippen molar-refractivity contribution in [2.24, 2.45) is 0 Å². The van der Waals surface area contributed by atoms with Crippen molar-refractivity contribution in [3.63, 3.8) is 0 Å². The summed E-state index contributed by atoms with van der Waals surface area (Å²) in [6.45, 7) is 1.92. The van der Waals surface area contributed by atoms with Gasteiger partial charge in [-0.1, -0.05) is 6.92 Å². The first kappa shape index (κ1) is 17.5. The van der Waals surface area contributed by atoms with Gasteiger partial charge < -0.3 is 15.0 Å². The van der Waals surface area contributed by atoms with E-state index in [9.17, 15) is 9.59 Å². The van der Waals surface area contributed by atoms with Gasteiger partial charge in [-0.05, 0) is 30.7 Å². The number of rotatable bonds is 6. The quantitative estimate of drug-likeness (QED) is 0.881. The van der Waals surface area contributed by atoms with Crippen molar-refractivity contribution < 1.29 is 14.3 Å². The Labute approximate surface area is 141 Å². The molecule has 2 amide bonds. The van der Waals surface area contributed by atoms with Gasteiger partial charge in [0.25, 0.3) is 5.91 Å². The number of hydrogen-bond donors (Lipinski definition) is 1. The van der Waals surface area contributed by atoms with E-state index in [0.29, 0.717) is 23.4 Å². The largest absolute Gasteiger partial charge is 0.496 e. The van der Waals surface area contributed by atoms with E-state index in [1.807, 2.05) is 6.92 Å². The number of carbonyl (C=O) groups excluding carboxylic acids is 2. The third-order valence-corrected chi connectivity index (χ3v) is 3.64. The molecule has 1 aromatic heterocycles. The predicted molar refractivity (Wildman–Crippen MR) is 91.2 cm³/mol. The molecule has 1 aromatic carbocycles. The van der Waals surface area contributed by atoms with Gasteiger partial charge in [-0.15, -0.1) is 0 Å². The summed E-state index contributed by atoms with van der Waals surface area (Å²) in [4.78, 5) is 26.2. The van der Waals surface area contributed by atoms with Gasteiger partial charge in [0.05, 0.1) is 12.7 Å². The lowest BCUT2D eigenvalue weighted by Gasteiger charge is -2.17. The van der Waals surface area contributed by atoms with Crippen LogP contribution in [0.2, 0.25) is 0 Å². The average Bonchev–Trinajstić information content (AvgIpc) is 3.08. The van der Waals surface area contributed by atoms with Crippen LogP contribution in [-0.2, 0) is 4.79 Å². The smallest absolute Gasteiger partial charge is 0.257 e. The second-order valence-electron chi connectivity index (χ2n) is 5.51. The lowest BCUT2D eigenvalue weighted by Crippen LogP contribution is -2.26. The topological polar surface area (TPSA) is 76.5 Å². The van der Waals surface area contributed by atoms with Gasteiger partial charge in [0.1, 0.15) is 11.8 Å². The summed E-state index contributed by atoms with van der Waals surface area (Å²) in [5, 5.41) is 6.96. The molecule has 0 aliphatic rings. The zero-order chi connectivity index (χ0) is 17.7. The Balaban J connectivity index is 2.24. The predicted octanol–water partition coefficient (Wildman–Crippen LogP) is 2.18. The molecule has 0 bridgehead atoms. The molecule has 0 aliphatic carbocycles. The Morgan fingerprint density at radius 3 is 2.67 bits per heavy atom. The van der Waals surface area contributed by atoms with E-state index in [1.165, 1.54) is 12.0 Å². The normalized spacial score (nSPS) is 11.7. The van der Waals surface area contributed by atoms with Crippen LogP contribution in [0.25, 0.3) is 0 Å². The Morgan fingerprint density at radius 2 is 2.12 bits per heavy atom. The number of aromatic nitrogens is 2. The Bertz CT molecular complexity index is 711. The number of methoxy groups -OCH3 is 1. The molecule has 1 atom stereocenters. The summed E-state index contributed by atoms with van der Waals surface area (Å²) in [6, 6.07) is 6.36. The highest BCUT2D eigenvalue weighted by molar-refractivity contribution is 5.99. The molecule has 0 spiro atoms. The summed E-state index contributed by atoms with van der Waals surface area (Å²) < 4.78 is 6.85. The van der Waals surface area contributed by atoms with Crippen molar-refractivity contribution >= 4 is 17.5 Å². The van der Waals surface area contributed by atoms with E-state index in [4.69, 9.17) is 4.74 Å². The molecule has 2 rings (SSSR count). The highest BCUT2D eigenvalue weighted by Crippen LogP contribution is 2.24. The summed E-state index contributed by atoms with van der Waals surface area (Å²) in [5.74, 6) is 0.0857. The maximum atomic E-state index is 12.5. The van der Waals surface area contributed by atoms with E-state index in [1.54, 1.807) is 55.4 Å². The van der Waals surface area contributed by atoms with Gasteiger partial charge in [-0.3, -0.25) is 14.3 Å². The van der Waals surface area contributed by atoms with Crippen LogP contribution in [0.3, 0.4) is 0 Å². The standard InChI is InChI=1S/C17H22N4O3/c1-5-14(21-10-6-9-18-21)16(22)19-12-7-8-15(24-4)13(11-12)17(23)20(2)3/h6-11,14H,5H2,1-4H3,(H,19,22). The number of carbonyl (C=O) groups is 2. The minimum atomic E-state index is -0.407. The molecule has 0 fully saturated rings. The fourth-order valence-corrected chi connectivity index (χ4v) is 2.38. The molecule has 0 aliphatic heterocycles. The first-order valence-electron chi connectivity index (χ1n) is 7.67. The number of anilines is 1. The van der Waals surface area contributed by atoms with E-state index < -0.39 is 6.04 Å². The summed E-state index contributed by atoms with van der Waals surface area (Å²) in [5.41, 5.74) is 0.934. The van der Waals surface area contributed by atoms with Crippen LogP contribution in [0.4, 0.5) is 5.69 Å². The second-order valence-corrected chi connectivity index (χ2v) is 5.51. The zero-order valence-electron chi connectivity index (χ0n) is 14.3. The SMILES string of the molecule is CCC(C(=O)Nc1ccc(OC)c(C(=O)N(C)C)c1)n1cccn1. The molecule has 7 nitrogen and oxygen atoms in total. The van der Waals surface area contributed by atoms with Gasteiger partial charge in [-0.2, -0.15) is 5.10 Å². The van der Waals surface area contributed by atoms with Crippen molar-refractivity contribution in [3.8, 4) is 5.75 Å². The molecule has 1 heterocycles. The molecule has 0 saturated heterocycles. The number of amides is 2. The van der Waals surface area contributed by atoms with E-state index in [2.05, 4.69) is 10.4 Å². The molecule has 128 valence electrons. The van der Waals surface area contributed by atoms with Crippen LogP contribution < -0.4 is 10.1 Å². The summed E-state index contributed by atoms with van der Waals surface area (Å²) in [6.07, 6.45) is 3.99. The van der Waals surface area contributed by atoms with Crippen LogP contribution >= 0.6 is 0 Å². The molecule has 0 radical (unpaired) electrons. The van der Waals surface area contributed by atoms with Gasteiger partial charge in [0, 0.05) is 32.2 Å². The monoisotopic (exact) mass is 330 g/mol. The number of benzene rings is 1. The van der Waals surface area contributed by atoms with Crippen molar-refractivity contribution in [3.05, 3.63) is 42.2 Å². The molecule has 1 N–H and O–H groups in total. The maximum absolute atomic E-state index is 12.5. The first-order valence-corrected chi connectivity index (χ1v) is 7.67. The second kappa shape index (κ2) is 7.63. The molecular formula is C17H22N4O3.